The normalized spacial score (nSPS) is 43.3. The van der Waals surface area contributed by atoms with Gasteiger partial charge in [-0.1, -0.05) is 0 Å². The Bertz CT molecular complexity index is 263. The molecule has 0 aliphatic carbocycles. The van der Waals surface area contributed by atoms with Crippen molar-refractivity contribution in [3.63, 3.8) is 0 Å². The third-order valence-electron chi connectivity index (χ3n) is 1.92. The van der Waals surface area contributed by atoms with Gasteiger partial charge in [-0.3, -0.25) is 9.87 Å². The summed E-state index contributed by atoms with van der Waals surface area (Å²) < 4.78 is 29.7. The number of hydrogen-bond donors (Lipinski definition) is 4. The van der Waals surface area contributed by atoms with Crippen LogP contribution in [0.4, 0.5) is 0 Å². The molecule has 1 saturated heterocycles. The summed E-state index contributed by atoms with van der Waals surface area (Å²) in [6.45, 7) is 1.51. The Balaban J connectivity index is 2.86. The summed E-state index contributed by atoms with van der Waals surface area (Å²) >= 11 is 0. The largest absolute Gasteiger partial charge is 0.389 e. The topological polar surface area (TPSA) is 107 Å². The van der Waals surface area contributed by atoms with Gasteiger partial charge >= 0.3 is 0 Å². The number of aliphatic hydroxyl groups is 2. The summed E-state index contributed by atoms with van der Waals surface area (Å²) in [5.74, 6) is 0. The van der Waals surface area contributed by atoms with Crippen molar-refractivity contribution in [3.8, 4) is 0 Å². The van der Waals surface area contributed by atoms with E-state index in [1.165, 1.54) is 6.92 Å². The van der Waals surface area contributed by atoms with Crippen molar-refractivity contribution in [2.45, 2.75) is 30.5 Å². The molecule has 1 heterocycles. The zero-order valence-electron chi connectivity index (χ0n) is 6.38. The van der Waals surface area contributed by atoms with Crippen molar-refractivity contribution in [2.75, 3.05) is 0 Å². The zero-order valence-corrected chi connectivity index (χ0v) is 7.19. The number of rotatable bonds is 1. The molecule has 0 bridgehead atoms. The lowest BCUT2D eigenvalue weighted by molar-refractivity contribution is 0.0384. The molecule has 0 spiro atoms. The molecule has 0 radical (unpaired) electrons. The lowest BCUT2D eigenvalue weighted by Gasteiger charge is -2.11. The van der Waals surface area contributed by atoms with E-state index in [1.54, 1.807) is 0 Å². The molecule has 0 aromatic heterocycles. The molecule has 12 heavy (non-hydrogen) atoms. The van der Waals surface area contributed by atoms with Gasteiger partial charge in [-0.25, -0.2) is 0 Å². The van der Waals surface area contributed by atoms with Crippen LogP contribution in [0.15, 0.2) is 0 Å². The highest BCUT2D eigenvalue weighted by atomic mass is 32.2. The summed E-state index contributed by atoms with van der Waals surface area (Å²) in [4.78, 5) is 0. The standard InChI is InChI=1S/C5H11NO5S/c1-2-3(7)4(8)5(6-2)12(9,10)11/h2-8H,1H3,(H,9,10,11)/t2-,3-,4-,5+/m0/s1. The van der Waals surface area contributed by atoms with Gasteiger partial charge in [-0.05, 0) is 6.92 Å². The second-order valence-electron chi connectivity index (χ2n) is 2.87. The van der Waals surface area contributed by atoms with Gasteiger partial charge < -0.3 is 10.2 Å². The molecule has 0 aromatic rings. The Labute approximate surface area is 70.0 Å². The molecule has 1 aliphatic heterocycles. The summed E-state index contributed by atoms with van der Waals surface area (Å²) in [6.07, 6.45) is -2.65. The molecule has 0 aromatic carbocycles. The molecule has 1 aliphatic rings. The number of hydrogen-bond acceptors (Lipinski definition) is 5. The van der Waals surface area contributed by atoms with E-state index < -0.39 is 33.7 Å². The quantitative estimate of drug-likeness (QED) is 0.359. The van der Waals surface area contributed by atoms with Gasteiger partial charge in [0.25, 0.3) is 10.1 Å². The van der Waals surface area contributed by atoms with Crippen LogP contribution in [-0.4, -0.2) is 46.8 Å². The highest BCUT2D eigenvalue weighted by Crippen LogP contribution is 2.17. The first-order chi connectivity index (χ1) is 5.34. The van der Waals surface area contributed by atoms with Crippen LogP contribution in [0.5, 0.6) is 0 Å². The maximum Gasteiger partial charge on any atom is 0.283 e. The molecule has 0 amide bonds. The summed E-state index contributed by atoms with van der Waals surface area (Å²) in [7, 11) is -4.34. The smallest absolute Gasteiger partial charge is 0.283 e. The van der Waals surface area contributed by atoms with Crippen LogP contribution in [0.25, 0.3) is 0 Å². The third kappa shape index (κ3) is 1.59. The maximum absolute atomic E-state index is 10.6. The van der Waals surface area contributed by atoms with E-state index in [0.717, 1.165) is 0 Å². The number of nitrogens with one attached hydrogen (secondary N) is 1. The van der Waals surface area contributed by atoms with E-state index in [2.05, 4.69) is 5.32 Å². The van der Waals surface area contributed by atoms with Gasteiger partial charge in [0.15, 0.2) is 5.37 Å². The first kappa shape index (κ1) is 9.87. The van der Waals surface area contributed by atoms with E-state index in [9.17, 15) is 8.42 Å². The molecule has 4 atom stereocenters. The second-order valence-corrected chi connectivity index (χ2v) is 4.41. The molecule has 6 nitrogen and oxygen atoms in total. The van der Waals surface area contributed by atoms with Crippen LogP contribution >= 0.6 is 0 Å². The second kappa shape index (κ2) is 2.93. The molecule has 4 N–H and O–H groups in total. The first-order valence-electron chi connectivity index (χ1n) is 3.42. The lowest BCUT2D eigenvalue weighted by Crippen LogP contribution is -2.40. The van der Waals surface area contributed by atoms with Crippen LogP contribution in [0.3, 0.4) is 0 Å². The van der Waals surface area contributed by atoms with Crippen molar-refractivity contribution in [1.82, 2.24) is 5.32 Å². The van der Waals surface area contributed by atoms with Crippen LogP contribution < -0.4 is 5.32 Å². The minimum Gasteiger partial charge on any atom is -0.389 e. The average molecular weight is 197 g/mol. The van der Waals surface area contributed by atoms with Crippen LogP contribution in [0, 0.1) is 0 Å². The highest BCUT2D eigenvalue weighted by molar-refractivity contribution is 7.86. The van der Waals surface area contributed by atoms with Gasteiger partial charge in [0.05, 0.1) is 6.10 Å². The molecule has 0 unspecified atom stereocenters. The predicted molar refractivity (Wildman–Crippen MR) is 39.9 cm³/mol. The molecular formula is C5H11NO5S. The van der Waals surface area contributed by atoms with E-state index in [0.29, 0.717) is 0 Å². The molecular weight excluding hydrogens is 186 g/mol. The lowest BCUT2D eigenvalue weighted by atomic mass is 10.2. The van der Waals surface area contributed by atoms with Crippen molar-refractivity contribution < 1.29 is 23.2 Å². The van der Waals surface area contributed by atoms with E-state index >= 15 is 0 Å². The van der Waals surface area contributed by atoms with Crippen LogP contribution in [-0.2, 0) is 10.1 Å². The molecule has 1 rings (SSSR count). The Kier molecular flexibility index (Phi) is 2.41. The predicted octanol–water partition coefficient (Wildman–Crippen LogP) is -2.09. The fraction of sp³-hybridized carbons (Fsp3) is 1.00. The third-order valence-corrected chi connectivity index (χ3v) is 2.98. The van der Waals surface area contributed by atoms with Crippen LogP contribution in [0.1, 0.15) is 6.92 Å². The summed E-state index contributed by atoms with van der Waals surface area (Å²) in [5.41, 5.74) is 0. The van der Waals surface area contributed by atoms with Crippen LogP contribution in [0.2, 0.25) is 0 Å². The van der Waals surface area contributed by atoms with Crippen molar-refractivity contribution in [3.05, 3.63) is 0 Å². The van der Waals surface area contributed by atoms with E-state index in [1.807, 2.05) is 0 Å². The minimum absolute atomic E-state index is 0.549. The fourth-order valence-corrected chi connectivity index (χ4v) is 2.09. The Morgan fingerprint density at radius 2 is 1.75 bits per heavy atom. The van der Waals surface area contributed by atoms with Gasteiger partial charge in [0.2, 0.25) is 0 Å². The maximum atomic E-state index is 10.6. The first-order valence-corrected chi connectivity index (χ1v) is 4.93. The molecule has 72 valence electrons. The number of aliphatic hydroxyl groups excluding tert-OH is 2. The van der Waals surface area contributed by atoms with E-state index in [-0.39, 0.29) is 0 Å². The van der Waals surface area contributed by atoms with Gasteiger partial charge in [0, 0.05) is 6.04 Å². The summed E-state index contributed by atoms with van der Waals surface area (Å²) in [6, 6.07) is -0.549. The zero-order chi connectivity index (χ0) is 9.52. The molecule has 0 saturated carbocycles. The summed E-state index contributed by atoms with van der Waals surface area (Å²) in [5, 5.41) is 19.1. The molecule has 1 fully saturated rings. The van der Waals surface area contributed by atoms with E-state index in [4.69, 9.17) is 14.8 Å². The Morgan fingerprint density at radius 1 is 1.25 bits per heavy atom. The average Bonchev–Trinajstić information content (AvgIpc) is 2.15. The van der Waals surface area contributed by atoms with Crippen molar-refractivity contribution in [2.24, 2.45) is 0 Å². The Hall–Kier alpha value is -0.210. The SMILES string of the molecule is C[C@@H]1N[C@H](S(=O)(=O)O)[C@@H](O)[C@H]1O. The monoisotopic (exact) mass is 197 g/mol. The highest BCUT2D eigenvalue weighted by Gasteiger charge is 2.45. The van der Waals surface area contributed by atoms with Crippen molar-refractivity contribution in [1.29, 1.82) is 0 Å². The molecule has 7 heteroatoms. The van der Waals surface area contributed by atoms with Gasteiger partial charge in [-0.2, -0.15) is 8.42 Å². The van der Waals surface area contributed by atoms with Gasteiger partial charge in [0.1, 0.15) is 6.10 Å². The Morgan fingerprint density at radius 3 is 1.92 bits per heavy atom. The van der Waals surface area contributed by atoms with Gasteiger partial charge in [-0.15, -0.1) is 0 Å². The fourth-order valence-electron chi connectivity index (χ4n) is 1.19. The minimum atomic E-state index is -4.34. The van der Waals surface area contributed by atoms with Crippen molar-refractivity contribution >= 4 is 10.1 Å².